The van der Waals surface area contributed by atoms with Gasteiger partial charge in [0, 0.05) is 12.6 Å². The number of anilines is 1. The van der Waals surface area contributed by atoms with Crippen molar-refractivity contribution in [1.29, 1.82) is 0 Å². The van der Waals surface area contributed by atoms with Crippen molar-refractivity contribution in [3.8, 4) is 16.9 Å². The van der Waals surface area contributed by atoms with Crippen molar-refractivity contribution in [3.63, 3.8) is 0 Å². The fourth-order valence-corrected chi connectivity index (χ4v) is 3.49. The predicted octanol–water partition coefficient (Wildman–Crippen LogP) is 7.20. The standard InChI is InChI=1S/C25H33F3N2O2/c1-6-17(4)12-24(31)30-23-14-20(9-10-29-23)19-7-8-22(21(13-19)25(26,27)28)32-15-18(5)11-16(2)3/h7-10,13-14,16-18H,6,11-12,15H2,1-5H3,(H,29,30,31)/t17?,18-/m1/s1. The summed E-state index contributed by atoms with van der Waals surface area (Å²) in [6.07, 6.45) is -0.956. The highest BCUT2D eigenvalue weighted by atomic mass is 19.4. The van der Waals surface area contributed by atoms with Crippen LogP contribution in [0.3, 0.4) is 0 Å². The molecular formula is C25H33F3N2O2. The zero-order chi connectivity index (χ0) is 23.9. The van der Waals surface area contributed by atoms with Gasteiger partial charge in [-0.15, -0.1) is 0 Å². The van der Waals surface area contributed by atoms with E-state index in [9.17, 15) is 18.0 Å². The molecule has 1 amide bonds. The molecule has 1 heterocycles. The zero-order valence-corrected chi connectivity index (χ0v) is 19.4. The molecular weight excluding hydrogens is 417 g/mol. The highest BCUT2D eigenvalue weighted by Gasteiger charge is 2.35. The van der Waals surface area contributed by atoms with Gasteiger partial charge in [-0.05, 0) is 59.6 Å². The first-order chi connectivity index (χ1) is 15.0. The van der Waals surface area contributed by atoms with E-state index in [1.807, 2.05) is 20.8 Å². The van der Waals surface area contributed by atoms with Crippen LogP contribution in [0.2, 0.25) is 0 Å². The third-order valence-corrected chi connectivity index (χ3v) is 5.27. The van der Waals surface area contributed by atoms with Crippen LogP contribution in [0, 0.1) is 17.8 Å². The second-order valence-corrected chi connectivity index (χ2v) is 8.95. The van der Waals surface area contributed by atoms with Crippen molar-refractivity contribution in [2.75, 3.05) is 11.9 Å². The van der Waals surface area contributed by atoms with E-state index in [1.54, 1.807) is 18.2 Å². The molecule has 0 fully saturated rings. The summed E-state index contributed by atoms with van der Waals surface area (Å²) in [7, 11) is 0. The Labute approximate surface area is 188 Å². The highest BCUT2D eigenvalue weighted by Crippen LogP contribution is 2.39. The number of nitrogens with one attached hydrogen (secondary N) is 1. The van der Waals surface area contributed by atoms with Crippen LogP contribution in [0.15, 0.2) is 36.5 Å². The van der Waals surface area contributed by atoms with Crippen LogP contribution in [0.1, 0.15) is 59.4 Å². The molecule has 32 heavy (non-hydrogen) atoms. The summed E-state index contributed by atoms with van der Waals surface area (Å²) >= 11 is 0. The van der Waals surface area contributed by atoms with E-state index in [2.05, 4.69) is 24.1 Å². The van der Waals surface area contributed by atoms with Crippen molar-refractivity contribution in [2.24, 2.45) is 17.8 Å². The first-order valence-electron chi connectivity index (χ1n) is 11.1. The molecule has 1 N–H and O–H groups in total. The summed E-state index contributed by atoms with van der Waals surface area (Å²) in [5.41, 5.74) is 0.0923. The van der Waals surface area contributed by atoms with Crippen molar-refractivity contribution in [2.45, 2.75) is 60.1 Å². The van der Waals surface area contributed by atoms with Crippen LogP contribution in [0.5, 0.6) is 5.75 Å². The molecule has 2 rings (SSSR count). The molecule has 176 valence electrons. The van der Waals surface area contributed by atoms with Crippen LogP contribution in [0.4, 0.5) is 19.0 Å². The van der Waals surface area contributed by atoms with Gasteiger partial charge in [0.2, 0.25) is 5.91 Å². The number of benzene rings is 1. The lowest BCUT2D eigenvalue weighted by atomic mass is 9.99. The monoisotopic (exact) mass is 450 g/mol. The summed E-state index contributed by atoms with van der Waals surface area (Å²) in [6.45, 7) is 10.3. The van der Waals surface area contributed by atoms with Crippen LogP contribution in [0.25, 0.3) is 11.1 Å². The molecule has 0 bridgehead atoms. The lowest BCUT2D eigenvalue weighted by molar-refractivity contribution is -0.139. The number of amides is 1. The topological polar surface area (TPSA) is 51.2 Å². The lowest BCUT2D eigenvalue weighted by Gasteiger charge is -2.19. The van der Waals surface area contributed by atoms with Gasteiger partial charge >= 0.3 is 6.18 Å². The highest BCUT2D eigenvalue weighted by molar-refractivity contribution is 5.90. The molecule has 7 heteroatoms. The van der Waals surface area contributed by atoms with Gasteiger partial charge in [0.25, 0.3) is 0 Å². The number of carbonyl (C=O) groups excluding carboxylic acids is 1. The quantitative estimate of drug-likeness (QED) is 0.416. The van der Waals surface area contributed by atoms with E-state index >= 15 is 0 Å². The van der Waals surface area contributed by atoms with Gasteiger partial charge in [0.15, 0.2) is 0 Å². The minimum atomic E-state index is -4.55. The summed E-state index contributed by atoms with van der Waals surface area (Å²) in [6, 6.07) is 7.24. The van der Waals surface area contributed by atoms with E-state index in [-0.39, 0.29) is 30.1 Å². The number of alkyl halides is 3. The molecule has 1 unspecified atom stereocenters. The van der Waals surface area contributed by atoms with Gasteiger partial charge in [0.1, 0.15) is 11.6 Å². The van der Waals surface area contributed by atoms with E-state index in [0.29, 0.717) is 29.3 Å². The Bertz CT molecular complexity index is 897. The summed E-state index contributed by atoms with van der Waals surface area (Å²) in [5.74, 6) is 0.810. The Morgan fingerprint density at radius 1 is 1.06 bits per heavy atom. The van der Waals surface area contributed by atoms with Gasteiger partial charge in [-0.2, -0.15) is 13.2 Å². The Balaban J connectivity index is 2.24. The maximum atomic E-state index is 13.7. The molecule has 2 aromatic rings. The van der Waals surface area contributed by atoms with Crippen molar-refractivity contribution < 1.29 is 22.7 Å². The number of aromatic nitrogens is 1. The van der Waals surface area contributed by atoms with Crippen molar-refractivity contribution >= 4 is 11.7 Å². The Morgan fingerprint density at radius 3 is 2.38 bits per heavy atom. The SMILES string of the molecule is CCC(C)CC(=O)Nc1cc(-c2ccc(OC[C@H](C)CC(C)C)c(C(F)(F)F)c2)ccn1. The number of hydrogen-bond acceptors (Lipinski definition) is 3. The lowest BCUT2D eigenvalue weighted by Crippen LogP contribution is -2.15. The minimum Gasteiger partial charge on any atom is -0.493 e. The van der Waals surface area contributed by atoms with Crippen molar-refractivity contribution in [3.05, 3.63) is 42.1 Å². The molecule has 1 aromatic heterocycles. The third kappa shape index (κ3) is 7.84. The minimum absolute atomic E-state index is 0.151. The molecule has 0 spiro atoms. The van der Waals surface area contributed by atoms with E-state index in [4.69, 9.17) is 4.74 Å². The largest absolute Gasteiger partial charge is 0.493 e. The normalized spacial score (nSPS) is 13.7. The smallest absolute Gasteiger partial charge is 0.419 e. The number of hydrogen-bond donors (Lipinski definition) is 1. The summed E-state index contributed by atoms with van der Waals surface area (Å²) in [4.78, 5) is 16.3. The number of carbonyl (C=O) groups is 1. The van der Waals surface area contributed by atoms with Gasteiger partial charge < -0.3 is 10.1 Å². The maximum Gasteiger partial charge on any atom is 0.419 e. The third-order valence-electron chi connectivity index (χ3n) is 5.27. The van der Waals surface area contributed by atoms with Gasteiger partial charge in [-0.1, -0.05) is 47.1 Å². The van der Waals surface area contributed by atoms with Gasteiger partial charge in [-0.25, -0.2) is 4.98 Å². The van der Waals surface area contributed by atoms with E-state index in [0.717, 1.165) is 18.9 Å². The Kier molecular flexibility index (Phi) is 9.10. The van der Waals surface area contributed by atoms with Crippen LogP contribution < -0.4 is 10.1 Å². The van der Waals surface area contributed by atoms with Crippen LogP contribution in [-0.2, 0) is 11.0 Å². The van der Waals surface area contributed by atoms with Crippen molar-refractivity contribution in [1.82, 2.24) is 4.98 Å². The van der Waals surface area contributed by atoms with E-state index < -0.39 is 11.7 Å². The van der Waals surface area contributed by atoms with Gasteiger partial charge in [0.05, 0.1) is 12.2 Å². The fourth-order valence-electron chi connectivity index (χ4n) is 3.49. The first kappa shape index (κ1) is 25.7. The van der Waals surface area contributed by atoms with Gasteiger partial charge in [-0.3, -0.25) is 4.79 Å². The van der Waals surface area contributed by atoms with E-state index in [1.165, 1.54) is 12.3 Å². The number of halogens is 3. The van der Waals surface area contributed by atoms with Crippen LogP contribution in [-0.4, -0.2) is 17.5 Å². The second kappa shape index (κ2) is 11.3. The number of pyridine rings is 1. The average Bonchev–Trinajstić information content (AvgIpc) is 2.71. The number of nitrogens with zero attached hydrogens (tertiary/aromatic N) is 1. The zero-order valence-electron chi connectivity index (χ0n) is 19.4. The number of rotatable bonds is 10. The Hall–Kier alpha value is -2.57. The second-order valence-electron chi connectivity index (χ2n) is 8.95. The molecule has 0 saturated heterocycles. The maximum absolute atomic E-state index is 13.7. The van der Waals surface area contributed by atoms with Crippen LogP contribution >= 0.6 is 0 Å². The Morgan fingerprint density at radius 2 is 1.75 bits per heavy atom. The first-order valence-corrected chi connectivity index (χ1v) is 11.1. The summed E-state index contributed by atoms with van der Waals surface area (Å²) < 4.78 is 46.8. The molecule has 0 aliphatic heterocycles. The molecule has 0 aliphatic rings. The fraction of sp³-hybridized carbons (Fsp3) is 0.520. The molecule has 2 atom stereocenters. The average molecular weight is 451 g/mol. The molecule has 1 aromatic carbocycles. The summed E-state index contributed by atoms with van der Waals surface area (Å²) in [5, 5.41) is 2.72. The molecule has 0 radical (unpaired) electrons. The molecule has 0 aliphatic carbocycles. The predicted molar refractivity (Wildman–Crippen MR) is 121 cm³/mol. The molecule has 4 nitrogen and oxygen atoms in total. The molecule has 0 saturated carbocycles. The number of ether oxygens (including phenoxy) is 1.